The summed E-state index contributed by atoms with van der Waals surface area (Å²) in [5.74, 6) is -0.211. The van der Waals surface area contributed by atoms with E-state index in [4.69, 9.17) is 0 Å². The lowest BCUT2D eigenvalue weighted by molar-refractivity contribution is -0.386. The number of anilines is 2. The van der Waals surface area contributed by atoms with Gasteiger partial charge in [0.2, 0.25) is 0 Å². The number of hydrogen-bond donors (Lipinski definition) is 2. The maximum absolute atomic E-state index is 12.7. The van der Waals surface area contributed by atoms with E-state index in [2.05, 4.69) is 34.8 Å². The van der Waals surface area contributed by atoms with Gasteiger partial charge in [-0.1, -0.05) is 42.5 Å². The third-order valence-corrected chi connectivity index (χ3v) is 5.90. The first-order valence-electron chi connectivity index (χ1n) is 11.3. The highest BCUT2D eigenvalue weighted by atomic mass is 16.6. The number of rotatable bonds is 8. The Morgan fingerprint density at radius 2 is 1.60 bits per heavy atom. The summed E-state index contributed by atoms with van der Waals surface area (Å²) >= 11 is 0. The van der Waals surface area contributed by atoms with Crippen LogP contribution in [0.15, 0.2) is 78.9 Å². The molecule has 178 valence electrons. The highest BCUT2D eigenvalue weighted by Crippen LogP contribution is 2.23. The van der Waals surface area contributed by atoms with Crippen molar-refractivity contribution in [1.82, 2.24) is 9.78 Å². The van der Waals surface area contributed by atoms with Gasteiger partial charge in [0.1, 0.15) is 11.4 Å². The van der Waals surface area contributed by atoms with Crippen molar-refractivity contribution in [2.75, 3.05) is 10.6 Å². The lowest BCUT2D eigenvalue weighted by Gasteiger charge is -2.16. The van der Waals surface area contributed by atoms with E-state index in [1.807, 2.05) is 54.6 Å². The van der Waals surface area contributed by atoms with Crippen molar-refractivity contribution in [2.24, 2.45) is 0 Å². The van der Waals surface area contributed by atoms with Crippen molar-refractivity contribution in [3.63, 3.8) is 0 Å². The zero-order chi connectivity index (χ0) is 24.9. The van der Waals surface area contributed by atoms with Gasteiger partial charge in [-0.15, -0.1) is 0 Å². The molecule has 8 nitrogen and oxygen atoms in total. The quantitative estimate of drug-likeness (QED) is 0.248. The minimum absolute atomic E-state index is 0.0386. The molecule has 0 fully saturated rings. The monoisotopic (exact) mass is 469 g/mol. The number of carbonyl (C=O) groups excluding carboxylic acids is 1. The number of benzene rings is 3. The van der Waals surface area contributed by atoms with Gasteiger partial charge in [0, 0.05) is 23.0 Å². The second-order valence-corrected chi connectivity index (χ2v) is 8.44. The zero-order valence-corrected chi connectivity index (χ0v) is 19.9. The smallest absolute Gasteiger partial charge is 0.312 e. The number of nitrogens with one attached hydrogen (secondary N) is 2. The molecule has 1 unspecified atom stereocenters. The molecule has 0 aliphatic heterocycles. The third kappa shape index (κ3) is 5.55. The lowest BCUT2D eigenvalue weighted by Crippen LogP contribution is -2.12. The van der Waals surface area contributed by atoms with E-state index in [9.17, 15) is 14.9 Å². The Bertz CT molecular complexity index is 1330. The number of aryl methyl sites for hydroxylation is 1. The molecular weight excluding hydrogens is 442 g/mol. The molecule has 0 aliphatic rings. The fourth-order valence-corrected chi connectivity index (χ4v) is 3.97. The lowest BCUT2D eigenvalue weighted by atomic mass is 10.1. The molecule has 4 rings (SSSR count). The predicted octanol–water partition coefficient (Wildman–Crippen LogP) is 5.88. The van der Waals surface area contributed by atoms with Gasteiger partial charge in [-0.25, -0.2) is 0 Å². The Hall–Kier alpha value is -4.46. The predicted molar refractivity (Wildman–Crippen MR) is 137 cm³/mol. The Kier molecular flexibility index (Phi) is 6.91. The molecule has 0 spiro atoms. The Morgan fingerprint density at radius 3 is 2.20 bits per heavy atom. The standard InChI is InChI=1S/C27H27N5O3/c1-18(22-7-5-4-6-8-22)28-24-13-15-25(16-14-24)29-27(33)23-11-9-21(10-12-23)17-31-20(3)26(32(34)35)19(2)30-31/h4-16,18,28H,17H2,1-3H3,(H,29,33). The molecule has 1 atom stereocenters. The zero-order valence-electron chi connectivity index (χ0n) is 19.9. The minimum Gasteiger partial charge on any atom is -0.379 e. The van der Waals surface area contributed by atoms with Crippen molar-refractivity contribution >= 4 is 23.0 Å². The summed E-state index contributed by atoms with van der Waals surface area (Å²) < 4.78 is 1.61. The van der Waals surface area contributed by atoms with Gasteiger partial charge in [-0.2, -0.15) is 5.10 Å². The van der Waals surface area contributed by atoms with E-state index < -0.39 is 4.92 Å². The van der Waals surface area contributed by atoms with E-state index in [0.717, 1.165) is 11.3 Å². The van der Waals surface area contributed by atoms with Crippen LogP contribution in [-0.4, -0.2) is 20.6 Å². The second-order valence-electron chi connectivity index (χ2n) is 8.44. The Labute approximate surface area is 203 Å². The fraction of sp³-hybridized carbons (Fsp3) is 0.185. The van der Waals surface area contributed by atoms with Gasteiger partial charge in [-0.05, 0) is 68.3 Å². The molecular formula is C27H27N5O3. The van der Waals surface area contributed by atoms with Crippen LogP contribution in [0, 0.1) is 24.0 Å². The van der Waals surface area contributed by atoms with Gasteiger partial charge in [0.25, 0.3) is 5.91 Å². The topological polar surface area (TPSA) is 102 Å². The van der Waals surface area contributed by atoms with Crippen LogP contribution in [0.4, 0.5) is 17.1 Å². The molecule has 35 heavy (non-hydrogen) atoms. The molecule has 0 bridgehead atoms. The summed E-state index contributed by atoms with van der Waals surface area (Å²) in [7, 11) is 0. The van der Waals surface area contributed by atoms with E-state index >= 15 is 0 Å². The van der Waals surface area contributed by atoms with Crippen molar-refractivity contribution < 1.29 is 9.72 Å². The average Bonchev–Trinajstić information content (AvgIpc) is 3.13. The molecule has 1 aromatic heterocycles. The number of hydrogen-bond acceptors (Lipinski definition) is 5. The summed E-state index contributed by atoms with van der Waals surface area (Å²) in [4.78, 5) is 23.5. The third-order valence-electron chi connectivity index (χ3n) is 5.90. The molecule has 0 radical (unpaired) electrons. The Morgan fingerprint density at radius 1 is 0.971 bits per heavy atom. The van der Waals surface area contributed by atoms with Gasteiger partial charge in [0.15, 0.2) is 0 Å². The molecule has 8 heteroatoms. The largest absolute Gasteiger partial charge is 0.379 e. The molecule has 1 amide bonds. The van der Waals surface area contributed by atoms with Crippen LogP contribution < -0.4 is 10.6 Å². The van der Waals surface area contributed by atoms with Crippen LogP contribution >= 0.6 is 0 Å². The first kappa shape index (κ1) is 23.7. The van der Waals surface area contributed by atoms with Crippen molar-refractivity contribution in [2.45, 2.75) is 33.4 Å². The highest BCUT2D eigenvalue weighted by molar-refractivity contribution is 6.04. The van der Waals surface area contributed by atoms with Crippen molar-refractivity contribution in [3.05, 3.63) is 117 Å². The second kappa shape index (κ2) is 10.2. The van der Waals surface area contributed by atoms with Gasteiger partial charge >= 0.3 is 5.69 Å². The summed E-state index contributed by atoms with van der Waals surface area (Å²) in [5.41, 5.74) is 5.21. The minimum atomic E-state index is -0.409. The van der Waals surface area contributed by atoms with Crippen LogP contribution in [0.5, 0.6) is 0 Å². The maximum atomic E-state index is 12.7. The average molecular weight is 470 g/mol. The highest BCUT2D eigenvalue weighted by Gasteiger charge is 2.21. The number of aromatic nitrogens is 2. The van der Waals surface area contributed by atoms with Gasteiger partial charge < -0.3 is 10.6 Å². The number of amides is 1. The van der Waals surface area contributed by atoms with E-state index in [-0.39, 0.29) is 17.6 Å². The van der Waals surface area contributed by atoms with Crippen LogP contribution in [-0.2, 0) is 6.54 Å². The van der Waals surface area contributed by atoms with E-state index in [1.165, 1.54) is 5.56 Å². The summed E-state index contributed by atoms with van der Waals surface area (Å²) in [5, 5.41) is 21.8. The number of carbonyl (C=O) groups is 1. The number of nitrogens with zero attached hydrogens (tertiary/aromatic N) is 3. The van der Waals surface area contributed by atoms with E-state index in [1.54, 1.807) is 30.7 Å². The molecule has 0 aliphatic carbocycles. The van der Waals surface area contributed by atoms with Crippen LogP contribution in [0.1, 0.15) is 45.8 Å². The first-order chi connectivity index (χ1) is 16.8. The van der Waals surface area contributed by atoms with Crippen molar-refractivity contribution in [1.29, 1.82) is 0 Å². The number of nitro groups is 1. The van der Waals surface area contributed by atoms with Crippen LogP contribution in [0.25, 0.3) is 0 Å². The molecule has 4 aromatic rings. The molecule has 0 saturated carbocycles. The van der Waals surface area contributed by atoms with E-state index in [0.29, 0.717) is 29.2 Å². The summed E-state index contributed by atoms with van der Waals surface area (Å²) in [6.07, 6.45) is 0. The normalized spacial score (nSPS) is 11.6. The maximum Gasteiger partial charge on any atom is 0.312 e. The first-order valence-corrected chi connectivity index (χ1v) is 11.3. The molecule has 3 aromatic carbocycles. The van der Waals surface area contributed by atoms with Gasteiger partial charge in [0.05, 0.1) is 11.5 Å². The summed E-state index contributed by atoms with van der Waals surface area (Å²) in [6, 6.07) is 25.1. The van der Waals surface area contributed by atoms with Crippen LogP contribution in [0.2, 0.25) is 0 Å². The van der Waals surface area contributed by atoms with Crippen LogP contribution in [0.3, 0.4) is 0 Å². The molecule has 0 saturated heterocycles. The molecule has 2 N–H and O–H groups in total. The SMILES string of the molecule is Cc1nn(Cc2ccc(C(=O)Nc3ccc(NC(C)c4ccccc4)cc3)cc2)c(C)c1[N+](=O)[O-]. The Balaban J connectivity index is 1.36. The molecule has 1 heterocycles. The fourth-order valence-electron chi connectivity index (χ4n) is 3.97. The van der Waals surface area contributed by atoms with Gasteiger partial charge in [-0.3, -0.25) is 19.6 Å². The summed E-state index contributed by atoms with van der Waals surface area (Å²) in [6.45, 7) is 5.80. The van der Waals surface area contributed by atoms with Crippen molar-refractivity contribution in [3.8, 4) is 0 Å².